The van der Waals surface area contributed by atoms with E-state index < -0.39 is 0 Å². The standard InChI is InChI=1S/C14H24N2O/c1-12(2)10-16(9-8-15)11-13-6-4-5-7-14(13)17-3/h4-7,12H,8-11,15H2,1-3H3. The van der Waals surface area contributed by atoms with E-state index in [1.165, 1.54) is 5.56 Å². The molecular formula is C14H24N2O. The van der Waals surface area contributed by atoms with Crippen LogP contribution in [0.2, 0.25) is 0 Å². The first-order valence-corrected chi connectivity index (χ1v) is 6.21. The monoisotopic (exact) mass is 236 g/mol. The van der Waals surface area contributed by atoms with Crippen LogP contribution in [-0.4, -0.2) is 31.6 Å². The van der Waals surface area contributed by atoms with Crippen molar-refractivity contribution in [1.29, 1.82) is 0 Å². The van der Waals surface area contributed by atoms with E-state index in [0.29, 0.717) is 12.5 Å². The van der Waals surface area contributed by atoms with Gasteiger partial charge in [-0.05, 0) is 12.0 Å². The Labute approximate surface area is 105 Å². The van der Waals surface area contributed by atoms with Gasteiger partial charge in [-0.2, -0.15) is 0 Å². The van der Waals surface area contributed by atoms with Crippen molar-refractivity contribution < 1.29 is 4.74 Å². The Balaban J connectivity index is 2.70. The fourth-order valence-electron chi connectivity index (χ4n) is 2.01. The van der Waals surface area contributed by atoms with E-state index in [4.69, 9.17) is 10.5 Å². The number of ether oxygens (including phenoxy) is 1. The number of methoxy groups -OCH3 is 1. The Morgan fingerprint density at radius 3 is 2.59 bits per heavy atom. The van der Waals surface area contributed by atoms with Crippen LogP contribution in [-0.2, 0) is 6.54 Å². The summed E-state index contributed by atoms with van der Waals surface area (Å²) in [5, 5.41) is 0. The molecule has 0 unspecified atom stereocenters. The van der Waals surface area contributed by atoms with Crippen LogP contribution in [0.4, 0.5) is 0 Å². The first kappa shape index (κ1) is 14.0. The normalized spacial score (nSPS) is 11.2. The first-order chi connectivity index (χ1) is 8.17. The van der Waals surface area contributed by atoms with E-state index in [1.807, 2.05) is 18.2 Å². The maximum absolute atomic E-state index is 5.66. The minimum absolute atomic E-state index is 0.649. The molecule has 0 atom stereocenters. The second kappa shape index (κ2) is 7.30. The Morgan fingerprint density at radius 2 is 2.00 bits per heavy atom. The quantitative estimate of drug-likeness (QED) is 0.788. The van der Waals surface area contributed by atoms with Crippen LogP contribution in [0.3, 0.4) is 0 Å². The molecule has 1 rings (SSSR count). The van der Waals surface area contributed by atoms with Gasteiger partial charge in [0, 0.05) is 31.7 Å². The summed E-state index contributed by atoms with van der Waals surface area (Å²) in [6.07, 6.45) is 0. The van der Waals surface area contributed by atoms with E-state index in [0.717, 1.165) is 25.4 Å². The number of rotatable bonds is 7. The third-order valence-corrected chi connectivity index (χ3v) is 2.66. The lowest BCUT2D eigenvalue weighted by atomic mass is 10.1. The van der Waals surface area contributed by atoms with Crippen LogP contribution in [0, 0.1) is 5.92 Å². The second-order valence-electron chi connectivity index (χ2n) is 4.73. The smallest absolute Gasteiger partial charge is 0.123 e. The minimum Gasteiger partial charge on any atom is -0.496 e. The van der Waals surface area contributed by atoms with Crippen LogP contribution in [0.5, 0.6) is 5.75 Å². The molecule has 0 radical (unpaired) electrons. The van der Waals surface area contributed by atoms with E-state index in [9.17, 15) is 0 Å². The molecule has 96 valence electrons. The van der Waals surface area contributed by atoms with Gasteiger partial charge in [-0.25, -0.2) is 0 Å². The molecule has 17 heavy (non-hydrogen) atoms. The van der Waals surface area contributed by atoms with Gasteiger partial charge in [-0.1, -0.05) is 32.0 Å². The highest BCUT2D eigenvalue weighted by Crippen LogP contribution is 2.19. The predicted molar refractivity (Wildman–Crippen MR) is 72.2 cm³/mol. The van der Waals surface area contributed by atoms with Gasteiger partial charge >= 0.3 is 0 Å². The molecule has 1 aromatic rings. The van der Waals surface area contributed by atoms with Gasteiger partial charge < -0.3 is 10.5 Å². The van der Waals surface area contributed by atoms with Crippen molar-refractivity contribution in [2.24, 2.45) is 11.7 Å². The topological polar surface area (TPSA) is 38.5 Å². The Kier molecular flexibility index (Phi) is 6.01. The molecule has 0 aliphatic carbocycles. The van der Waals surface area contributed by atoms with Crippen molar-refractivity contribution in [3.63, 3.8) is 0 Å². The van der Waals surface area contributed by atoms with Crippen molar-refractivity contribution in [3.05, 3.63) is 29.8 Å². The van der Waals surface area contributed by atoms with Gasteiger partial charge in [0.05, 0.1) is 7.11 Å². The van der Waals surface area contributed by atoms with E-state index in [2.05, 4.69) is 24.8 Å². The van der Waals surface area contributed by atoms with Crippen LogP contribution >= 0.6 is 0 Å². The summed E-state index contributed by atoms with van der Waals surface area (Å²) in [4.78, 5) is 2.38. The summed E-state index contributed by atoms with van der Waals surface area (Å²) in [5.41, 5.74) is 6.88. The molecular weight excluding hydrogens is 212 g/mol. The minimum atomic E-state index is 0.649. The maximum Gasteiger partial charge on any atom is 0.123 e. The maximum atomic E-state index is 5.66. The summed E-state index contributed by atoms with van der Waals surface area (Å²) in [7, 11) is 1.72. The zero-order valence-electron chi connectivity index (χ0n) is 11.1. The second-order valence-corrected chi connectivity index (χ2v) is 4.73. The highest BCUT2D eigenvalue weighted by Gasteiger charge is 2.10. The largest absolute Gasteiger partial charge is 0.496 e. The molecule has 0 spiro atoms. The van der Waals surface area contributed by atoms with Crippen molar-refractivity contribution in [1.82, 2.24) is 4.90 Å². The molecule has 0 amide bonds. The number of para-hydroxylation sites is 1. The molecule has 2 N–H and O–H groups in total. The third kappa shape index (κ3) is 4.75. The fraction of sp³-hybridized carbons (Fsp3) is 0.571. The van der Waals surface area contributed by atoms with Crippen LogP contribution in [0.15, 0.2) is 24.3 Å². The highest BCUT2D eigenvalue weighted by atomic mass is 16.5. The lowest BCUT2D eigenvalue weighted by Crippen LogP contribution is -2.32. The van der Waals surface area contributed by atoms with Gasteiger partial charge in [0.15, 0.2) is 0 Å². The highest BCUT2D eigenvalue weighted by molar-refractivity contribution is 5.33. The molecule has 0 heterocycles. The summed E-state index contributed by atoms with van der Waals surface area (Å²) >= 11 is 0. The van der Waals surface area contributed by atoms with Crippen LogP contribution in [0.1, 0.15) is 19.4 Å². The first-order valence-electron chi connectivity index (χ1n) is 6.21. The van der Waals surface area contributed by atoms with Crippen molar-refractivity contribution in [3.8, 4) is 5.75 Å². The van der Waals surface area contributed by atoms with E-state index >= 15 is 0 Å². The summed E-state index contributed by atoms with van der Waals surface area (Å²) in [6.45, 7) is 8.05. The average Bonchev–Trinajstić information content (AvgIpc) is 2.29. The molecule has 0 aliphatic heterocycles. The third-order valence-electron chi connectivity index (χ3n) is 2.66. The molecule has 1 aromatic carbocycles. The zero-order valence-corrected chi connectivity index (χ0v) is 11.1. The van der Waals surface area contributed by atoms with Crippen molar-refractivity contribution >= 4 is 0 Å². The molecule has 0 fully saturated rings. The number of benzene rings is 1. The van der Waals surface area contributed by atoms with Gasteiger partial charge in [0.25, 0.3) is 0 Å². The van der Waals surface area contributed by atoms with Crippen LogP contribution < -0.4 is 10.5 Å². The Hall–Kier alpha value is -1.06. The number of nitrogens with two attached hydrogens (primary N) is 1. The van der Waals surface area contributed by atoms with Crippen molar-refractivity contribution in [2.45, 2.75) is 20.4 Å². The Morgan fingerprint density at radius 1 is 1.29 bits per heavy atom. The van der Waals surface area contributed by atoms with Gasteiger partial charge in [-0.15, -0.1) is 0 Å². The summed E-state index contributed by atoms with van der Waals surface area (Å²) < 4.78 is 5.37. The zero-order chi connectivity index (χ0) is 12.7. The van der Waals surface area contributed by atoms with Gasteiger partial charge in [0.1, 0.15) is 5.75 Å². The average molecular weight is 236 g/mol. The van der Waals surface area contributed by atoms with E-state index in [-0.39, 0.29) is 0 Å². The molecule has 0 saturated heterocycles. The fourth-order valence-corrected chi connectivity index (χ4v) is 2.01. The molecule has 0 saturated carbocycles. The lowest BCUT2D eigenvalue weighted by molar-refractivity contribution is 0.239. The number of hydrogen-bond donors (Lipinski definition) is 1. The lowest BCUT2D eigenvalue weighted by Gasteiger charge is -2.24. The summed E-state index contributed by atoms with van der Waals surface area (Å²) in [6, 6.07) is 8.17. The van der Waals surface area contributed by atoms with Gasteiger partial charge in [-0.3, -0.25) is 4.90 Å². The Bertz CT molecular complexity index is 326. The molecule has 3 heteroatoms. The number of hydrogen-bond acceptors (Lipinski definition) is 3. The van der Waals surface area contributed by atoms with Crippen molar-refractivity contribution in [2.75, 3.05) is 26.7 Å². The molecule has 0 aromatic heterocycles. The van der Waals surface area contributed by atoms with Gasteiger partial charge in [0.2, 0.25) is 0 Å². The molecule has 3 nitrogen and oxygen atoms in total. The predicted octanol–water partition coefficient (Wildman–Crippen LogP) is 2.11. The van der Waals surface area contributed by atoms with Crippen LogP contribution in [0.25, 0.3) is 0 Å². The number of nitrogens with zero attached hydrogens (tertiary/aromatic N) is 1. The summed E-state index contributed by atoms with van der Waals surface area (Å²) in [5.74, 6) is 1.61. The molecule has 0 bridgehead atoms. The van der Waals surface area contributed by atoms with E-state index in [1.54, 1.807) is 7.11 Å². The molecule has 0 aliphatic rings. The SMILES string of the molecule is COc1ccccc1CN(CCN)CC(C)C.